The molecule has 0 saturated carbocycles. The molecule has 4 rings (SSSR count). The van der Waals surface area contributed by atoms with Crippen LogP contribution in [-0.2, 0) is 11.3 Å². The summed E-state index contributed by atoms with van der Waals surface area (Å²) in [5.41, 5.74) is 1.39. The molecule has 2 heterocycles. The van der Waals surface area contributed by atoms with Crippen LogP contribution in [0, 0.1) is 0 Å². The van der Waals surface area contributed by atoms with Gasteiger partial charge in [-0.25, -0.2) is 0 Å². The zero-order valence-electron chi connectivity index (χ0n) is 17.1. The summed E-state index contributed by atoms with van der Waals surface area (Å²) in [5.74, 6) is 1.71. The molecule has 2 aliphatic rings. The van der Waals surface area contributed by atoms with E-state index in [0.29, 0.717) is 19.7 Å². The number of hydrogen-bond acceptors (Lipinski definition) is 3. The maximum absolute atomic E-state index is 12.7. The number of hydrogen-bond donors (Lipinski definition) is 2. The van der Waals surface area contributed by atoms with E-state index in [2.05, 4.69) is 30.3 Å². The Morgan fingerprint density at radius 2 is 1.62 bits per heavy atom. The zero-order valence-corrected chi connectivity index (χ0v) is 17.1. The predicted molar refractivity (Wildman–Crippen MR) is 110 cm³/mol. The largest absolute Gasteiger partial charge is 0.486 e. The quantitative estimate of drug-likeness (QED) is 0.676. The molecule has 0 bridgehead atoms. The fraction of sp³-hybridized carbons (Fsp3) is 0.435. The smallest absolute Gasteiger partial charge is 0.277 e. The van der Waals surface area contributed by atoms with Gasteiger partial charge in [-0.05, 0) is 12.1 Å². The van der Waals surface area contributed by atoms with Crippen molar-refractivity contribution in [3.63, 3.8) is 0 Å². The van der Waals surface area contributed by atoms with Crippen molar-refractivity contribution in [2.45, 2.75) is 12.6 Å². The number of fused-ring (bicyclic) bond motifs is 1. The molecule has 154 valence electrons. The molecule has 2 N–H and O–H groups in total. The first-order valence-corrected chi connectivity index (χ1v) is 10.5. The number of nitrogens with zero attached hydrogens (tertiary/aromatic N) is 1. The molecule has 6 nitrogen and oxygen atoms in total. The van der Waals surface area contributed by atoms with Crippen LogP contribution in [0.4, 0.5) is 0 Å². The maximum atomic E-state index is 12.7. The Kier molecular flexibility index (Phi) is 6.32. The summed E-state index contributed by atoms with van der Waals surface area (Å²) in [7, 11) is 1.86. The number of para-hydroxylation sites is 2. The molecule has 1 saturated heterocycles. The van der Waals surface area contributed by atoms with Gasteiger partial charge in [0.1, 0.15) is 39.3 Å². The highest BCUT2D eigenvalue weighted by molar-refractivity contribution is 5.76. The second-order valence-electron chi connectivity index (χ2n) is 8.11. The molecule has 0 spiro atoms. The van der Waals surface area contributed by atoms with E-state index in [4.69, 9.17) is 9.47 Å². The Hall–Kier alpha value is -2.57. The molecular weight excluding hydrogens is 366 g/mol. The lowest BCUT2D eigenvalue weighted by molar-refractivity contribution is -1.02. The average Bonchev–Trinajstić information content (AvgIpc) is 2.76. The number of nitrogens with one attached hydrogen (secondary N) is 2. The normalized spacial score (nSPS) is 23.4. The molecule has 29 heavy (non-hydrogen) atoms. The Labute approximate surface area is 172 Å². The van der Waals surface area contributed by atoms with Crippen LogP contribution in [0.2, 0.25) is 0 Å². The summed E-state index contributed by atoms with van der Waals surface area (Å²) in [6.45, 7) is 6.95. The van der Waals surface area contributed by atoms with Crippen molar-refractivity contribution >= 4 is 5.91 Å². The van der Waals surface area contributed by atoms with E-state index in [9.17, 15) is 4.79 Å². The molecule has 1 amide bonds. The third kappa shape index (κ3) is 5.28. The zero-order chi connectivity index (χ0) is 20.1. The Balaban J connectivity index is 1.20. The first-order chi connectivity index (χ1) is 14.2. The average molecular weight is 398 g/mol. The van der Waals surface area contributed by atoms with Gasteiger partial charge in [-0.1, -0.05) is 42.5 Å². The van der Waals surface area contributed by atoms with Crippen molar-refractivity contribution in [1.82, 2.24) is 4.90 Å². The summed E-state index contributed by atoms with van der Waals surface area (Å²) in [4.78, 5) is 17.5. The molecular formula is C23H31N3O3+2. The number of quaternary nitrogens is 2. The second kappa shape index (κ2) is 9.29. The summed E-state index contributed by atoms with van der Waals surface area (Å²) in [6.07, 6.45) is -0.124. The molecule has 0 unspecified atom stereocenters. The standard InChI is InChI=1S/C23H29N3O3/c1-24(16-20-18-28-21-9-5-6-10-22(21)29-20)23(27)17-26-13-11-25(12-14-26)15-19-7-3-2-4-8-19/h2-10,20H,11-18H2,1H3/p+2/t20-/m1/s1. The summed E-state index contributed by atoms with van der Waals surface area (Å²) in [5, 5.41) is 0. The van der Waals surface area contributed by atoms with Crippen molar-refractivity contribution in [3.8, 4) is 11.5 Å². The summed E-state index contributed by atoms with van der Waals surface area (Å²) in [6, 6.07) is 18.3. The molecule has 2 aromatic rings. The number of ether oxygens (including phenoxy) is 2. The second-order valence-corrected chi connectivity index (χ2v) is 8.11. The van der Waals surface area contributed by atoms with E-state index in [1.54, 1.807) is 9.80 Å². The lowest BCUT2D eigenvalue weighted by Gasteiger charge is -2.32. The van der Waals surface area contributed by atoms with Gasteiger partial charge in [0.25, 0.3) is 5.91 Å². The molecule has 1 fully saturated rings. The molecule has 1 atom stereocenters. The molecule has 0 aliphatic carbocycles. The van der Waals surface area contributed by atoms with Crippen LogP contribution < -0.4 is 19.3 Å². The molecule has 2 aliphatic heterocycles. The first-order valence-electron chi connectivity index (χ1n) is 10.5. The van der Waals surface area contributed by atoms with Crippen LogP contribution in [0.1, 0.15) is 5.56 Å². The lowest BCUT2D eigenvalue weighted by atomic mass is 10.2. The maximum Gasteiger partial charge on any atom is 0.277 e. The number of carbonyl (C=O) groups is 1. The van der Waals surface area contributed by atoms with Crippen LogP contribution in [0.25, 0.3) is 0 Å². The minimum Gasteiger partial charge on any atom is -0.486 e. The number of benzene rings is 2. The summed E-state index contributed by atoms with van der Waals surface area (Å²) >= 11 is 0. The van der Waals surface area contributed by atoms with Gasteiger partial charge in [-0.15, -0.1) is 0 Å². The van der Waals surface area contributed by atoms with Gasteiger partial charge in [0.15, 0.2) is 24.1 Å². The molecule has 0 radical (unpaired) electrons. The number of likely N-dealkylation sites (N-methyl/N-ethyl adjacent to an activating group) is 1. The van der Waals surface area contributed by atoms with Crippen molar-refractivity contribution in [1.29, 1.82) is 0 Å². The number of carbonyl (C=O) groups excluding carboxylic acids is 1. The third-order valence-electron chi connectivity index (χ3n) is 5.83. The lowest BCUT2D eigenvalue weighted by Crippen LogP contribution is -3.28. The van der Waals surface area contributed by atoms with Gasteiger partial charge < -0.3 is 24.2 Å². The first kappa shape index (κ1) is 19.7. The highest BCUT2D eigenvalue weighted by Gasteiger charge is 2.28. The minimum atomic E-state index is -0.124. The van der Waals surface area contributed by atoms with E-state index in [1.807, 2.05) is 31.3 Å². The van der Waals surface area contributed by atoms with Gasteiger partial charge >= 0.3 is 0 Å². The van der Waals surface area contributed by atoms with Crippen LogP contribution in [0.5, 0.6) is 11.5 Å². The fourth-order valence-electron chi connectivity index (χ4n) is 4.10. The minimum absolute atomic E-state index is 0.124. The number of piperazine rings is 1. The van der Waals surface area contributed by atoms with Crippen LogP contribution in [0.15, 0.2) is 54.6 Å². The highest BCUT2D eigenvalue weighted by atomic mass is 16.6. The molecule has 0 aromatic heterocycles. The topological polar surface area (TPSA) is 47.6 Å². The van der Waals surface area contributed by atoms with Crippen molar-refractivity contribution < 1.29 is 24.1 Å². The molecule has 2 aromatic carbocycles. The number of rotatable bonds is 6. The third-order valence-corrected chi connectivity index (χ3v) is 5.83. The van der Waals surface area contributed by atoms with Crippen molar-refractivity contribution in [2.75, 3.05) is 52.9 Å². The van der Waals surface area contributed by atoms with E-state index in [1.165, 1.54) is 10.5 Å². The predicted octanol–water partition coefficient (Wildman–Crippen LogP) is -0.732. The van der Waals surface area contributed by atoms with E-state index >= 15 is 0 Å². The summed E-state index contributed by atoms with van der Waals surface area (Å²) < 4.78 is 11.7. The SMILES string of the molecule is CN(C[C@@H]1COc2ccccc2O1)C(=O)C[NH+]1CC[NH+](Cc2ccccc2)CC1. The number of amides is 1. The highest BCUT2D eigenvalue weighted by Crippen LogP contribution is 2.30. The van der Waals surface area contributed by atoms with Crippen molar-refractivity contribution in [2.24, 2.45) is 0 Å². The Morgan fingerprint density at radius 3 is 2.38 bits per heavy atom. The van der Waals surface area contributed by atoms with E-state index < -0.39 is 0 Å². The van der Waals surface area contributed by atoms with Gasteiger partial charge in [-0.2, -0.15) is 0 Å². The van der Waals surface area contributed by atoms with Crippen LogP contribution in [0.3, 0.4) is 0 Å². The Bertz CT molecular complexity index is 806. The van der Waals surface area contributed by atoms with Crippen LogP contribution in [-0.4, -0.2) is 69.8 Å². The van der Waals surface area contributed by atoms with E-state index in [-0.39, 0.29) is 12.0 Å². The van der Waals surface area contributed by atoms with E-state index in [0.717, 1.165) is 44.2 Å². The van der Waals surface area contributed by atoms with Gasteiger partial charge in [0, 0.05) is 12.6 Å². The van der Waals surface area contributed by atoms with Gasteiger partial charge in [-0.3, -0.25) is 4.79 Å². The van der Waals surface area contributed by atoms with Crippen molar-refractivity contribution in [3.05, 3.63) is 60.2 Å². The van der Waals surface area contributed by atoms with Gasteiger partial charge in [0.05, 0.1) is 6.54 Å². The van der Waals surface area contributed by atoms with Crippen LogP contribution >= 0.6 is 0 Å². The molecule has 6 heteroatoms. The Morgan fingerprint density at radius 1 is 0.966 bits per heavy atom. The van der Waals surface area contributed by atoms with Gasteiger partial charge in [0.2, 0.25) is 0 Å². The monoisotopic (exact) mass is 397 g/mol. The fourth-order valence-corrected chi connectivity index (χ4v) is 4.10.